The van der Waals surface area contributed by atoms with Gasteiger partial charge in [0.2, 0.25) is 0 Å². The van der Waals surface area contributed by atoms with Crippen LogP contribution in [0.25, 0.3) is 10.9 Å². The zero-order valence-corrected chi connectivity index (χ0v) is 12.5. The number of rotatable bonds is 0. The first kappa shape index (κ1) is 17.9. The topological polar surface area (TPSA) is 67.3 Å². The van der Waals surface area contributed by atoms with E-state index in [4.69, 9.17) is 13.0 Å². The second kappa shape index (κ2) is 6.77. The second-order valence-corrected chi connectivity index (χ2v) is 5.52. The van der Waals surface area contributed by atoms with Crippen LogP contribution in [0.15, 0.2) is 30.3 Å². The average molecular weight is 331 g/mol. The smallest absolute Gasteiger partial charge is 0.279 e. The number of fused-ring (bicyclic) bond motifs is 1. The molecule has 0 atom stereocenters. The van der Waals surface area contributed by atoms with Gasteiger partial charge >= 0.3 is 15.6 Å². The molecule has 1 aromatic heterocycles. The highest BCUT2D eigenvalue weighted by Crippen LogP contribution is 2.20. The number of aromatic nitrogens is 1. The molecule has 0 saturated heterocycles. The minimum atomic E-state index is -5.84. The Morgan fingerprint density at radius 1 is 1.23 bits per heavy atom. The van der Waals surface area contributed by atoms with Crippen LogP contribution in [0, 0.1) is 18.8 Å². The monoisotopic (exact) mass is 331 g/mol. The summed E-state index contributed by atoms with van der Waals surface area (Å²) in [7, 11) is -5.84. The van der Waals surface area contributed by atoms with Crippen LogP contribution in [0.1, 0.15) is 18.2 Å². The summed E-state index contributed by atoms with van der Waals surface area (Å²) in [6, 6.07) is 10.2. The van der Waals surface area contributed by atoms with Crippen LogP contribution in [0.5, 0.6) is 0 Å². The Morgan fingerprint density at radius 3 is 2.27 bits per heavy atom. The van der Waals surface area contributed by atoms with Crippen molar-refractivity contribution in [3.63, 3.8) is 0 Å². The van der Waals surface area contributed by atoms with Gasteiger partial charge in [0, 0.05) is 10.9 Å². The third kappa shape index (κ3) is 4.72. The number of hydrogen-bond acceptors (Lipinski definition) is 3. The molecule has 0 radical (unpaired) electrons. The highest BCUT2D eigenvalue weighted by molar-refractivity contribution is 7.86. The molecule has 4 nitrogen and oxygen atoms in total. The Bertz CT molecular complexity index is 834. The molecule has 0 aliphatic carbocycles. The molecule has 118 valence electrons. The molecule has 0 fully saturated rings. The fraction of sp³-hybridized carbons (Fsp3) is 0.214. The molecule has 22 heavy (non-hydrogen) atoms. The molecule has 1 N–H and O–H groups in total. The predicted molar refractivity (Wildman–Crippen MR) is 76.6 cm³/mol. The summed E-state index contributed by atoms with van der Waals surface area (Å²) >= 11 is 0. The highest BCUT2D eigenvalue weighted by atomic mass is 32.2. The first-order valence-corrected chi connectivity index (χ1v) is 7.33. The minimum Gasteiger partial charge on any atom is -0.279 e. The third-order valence-electron chi connectivity index (χ3n) is 2.47. The van der Waals surface area contributed by atoms with E-state index in [2.05, 4.69) is 29.0 Å². The van der Waals surface area contributed by atoms with Gasteiger partial charge in [0.05, 0.1) is 11.2 Å². The minimum absolute atomic E-state index is 0.998. The maximum atomic E-state index is 10.7. The van der Waals surface area contributed by atoms with Crippen LogP contribution in [-0.2, 0) is 10.1 Å². The van der Waals surface area contributed by atoms with Crippen LogP contribution in [0.3, 0.4) is 0 Å². The van der Waals surface area contributed by atoms with Gasteiger partial charge in [-0.25, -0.2) is 0 Å². The Kier molecular flexibility index (Phi) is 5.52. The van der Waals surface area contributed by atoms with Crippen LogP contribution in [0.2, 0.25) is 0 Å². The van der Waals surface area contributed by atoms with Crippen LogP contribution < -0.4 is 0 Å². The van der Waals surface area contributed by atoms with Crippen molar-refractivity contribution in [3.05, 3.63) is 41.6 Å². The second-order valence-electron chi connectivity index (χ2n) is 4.11. The van der Waals surface area contributed by atoms with E-state index in [1.807, 2.05) is 32.0 Å². The zero-order valence-electron chi connectivity index (χ0n) is 11.6. The van der Waals surface area contributed by atoms with Crippen molar-refractivity contribution >= 4 is 21.0 Å². The summed E-state index contributed by atoms with van der Waals surface area (Å²) < 4.78 is 57.5. The van der Waals surface area contributed by atoms with Gasteiger partial charge in [-0.3, -0.25) is 9.54 Å². The van der Waals surface area contributed by atoms with E-state index in [1.54, 1.807) is 0 Å². The number of aryl methyl sites for hydroxylation is 1. The molecule has 0 amide bonds. The summed E-state index contributed by atoms with van der Waals surface area (Å²) in [5.41, 5.74) is -2.48. The lowest BCUT2D eigenvalue weighted by molar-refractivity contribution is -0.0510. The lowest BCUT2D eigenvalue weighted by Crippen LogP contribution is -2.21. The van der Waals surface area contributed by atoms with Gasteiger partial charge in [0.15, 0.2) is 0 Å². The van der Waals surface area contributed by atoms with Gasteiger partial charge in [-0.05, 0) is 26.0 Å². The Hall–Kier alpha value is -2.11. The Balaban J connectivity index is 0.000000261. The first-order valence-electron chi connectivity index (χ1n) is 5.89. The van der Waals surface area contributed by atoms with Gasteiger partial charge in [-0.2, -0.15) is 21.6 Å². The molecule has 2 rings (SSSR count). The lowest BCUT2D eigenvalue weighted by Gasteiger charge is -2.01. The number of pyridine rings is 1. The lowest BCUT2D eigenvalue weighted by atomic mass is 10.1. The fourth-order valence-corrected chi connectivity index (χ4v) is 1.47. The van der Waals surface area contributed by atoms with E-state index >= 15 is 0 Å². The van der Waals surface area contributed by atoms with Gasteiger partial charge in [0.1, 0.15) is 0 Å². The van der Waals surface area contributed by atoms with E-state index in [0.717, 1.165) is 22.2 Å². The summed E-state index contributed by atoms with van der Waals surface area (Å²) in [4.78, 5) is 4.49. The van der Waals surface area contributed by atoms with E-state index in [1.165, 1.54) is 0 Å². The largest absolute Gasteiger partial charge is 0.522 e. The van der Waals surface area contributed by atoms with E-state index < -0.39 is 15.6 Å². The number of hydrogen-bond donors (Lipinski definition) is 1. The number of benzene rings is 1. The van der Waals surface area contributed by atoms with Crippen molar-refractivity contribution in [1.82, 2.24) is 4.98 Å². The number of alkyl halides is 3. The Morgan fingerprint density at radius 2 is 1.77 bits per heavy atom. The van der Waals surface area contributed by atoms with Crippen molar-refractivity contribution in [2.24, 2.45) is 0 Å². The molecule has 0 spiro atoms. The number of para-hydroxylation sites is 1. The molecule has 0 aliphatic heterocycles. The van der Waals surface area contributed by atoms with Gasteiger partial charge in [-0.15, -0.1) is 5.92 Å². The summed E-state index contributed by atoms with van der Waals surface area (Å²) in [6.45, 7) is 3.83. The maximum Gasteiger partial charge on any atom is 0.522 e. The van der Waals surface area contributed by atoms with E-state index in [-0.39, 0.29) is 0 Å². The molecule has 0 unspecified atom stereocenters. The molecule has 0 aliphatic rings. The van der Waals surface area contributed by atoms with Crippen LogP contribution in [-0.4, -0.2) is 23.5 Å². The molecular formula is C14H12F3NO3S. The SMILES string of the molecule is CC#Cc1cc2ccccc2nc1C.O=S(=O)(O)C(F)(F)F. The summed E-state index contributed by atoms with van der Waals surface area (Å²) in [5.74, 6) is 5.95. The zero-order chi connectivity index (χ0) is 17.0. The van der Waals surface area contributed by atoms with Gasteiger partial charge in [0.25, 0.3) is 0 Å². The van der Waals surface area contributed by atoms with Crippen molar-refractivity contribution in [2.45, 2.75) is 19.4 Å². The van der Waals surface area contributed by atoms with E-state index in [0.29, 0.717) is 0 Å². The standard InChI is InChI=1S/C13H11N.CHF3O3S/c1-3-6-11-9-12-7-4-5-8-13(12)14-10(11)2;2-1(3,4)8(5,6)7/h4-5,7-9H,1-2H3;(H,5,6,7). The molecule has 2 aromatic rings. The molecule has 1 aromatic carbocycles. The van der Waals surface area contributed by atoms with Gasteiger partial charge < -0.3 is 0 Å². The van der Waals surface area contributed by atoms with Crippen LogP contribution in [0.4, 0.5) is 13.2 Å². The maximum absolute atomic E-state index is 10.7. The fourth-order valence-electron chi connectivity index (χ4n) is 1.47. The van der Waals surface area contributed by atoms with Crippen molar-refractivity contribution in [1.29, 1.82) is 0 Å². The molecule has 0 bridgehead atoms. The molecular weight excluding hydrogens is 319 g/mol. The molecule has 8 heteroatoms. The highest BCUT2D eigenvalue weighted by Gasteiger charge is 2.44. The third-order valence-corrected chi connectivity index (χ3v) is 3.05. The average Bonchev–Trinajstić information content (AvgIpc) is 2.38. The van der Waals surface area contributed by atoms with Crippen molar-refractivity contribution < 1.29 is 26.1 Å². The number of halogens is 3. The Labute approximate surface area is 125 Å². The van der Waals surface area contributed by atoms with E-state index in [9.17, 15) is 13.2 Å². The quantitative estimate of drug-likeness (QED) is 0.457. The summed E-state index contributed by atoms with van der Waals surface area (Å²) in [5, 5.41) is 1.15. The normalized spacial score (nSPS) is 11.2. The van der Waals surface area contributed by atoms with Gasteiger partial charge in [-0.1, -0.05) is 24.1 Å². The molecule has 0 saturated carbocycles. The first-order chi connectivity index (χ1) is 10.1. The molecule has 1 heterocycles. The number of nitrogens with zero attached hydrogens (tertiary/aromatic N) is 1. The van der Waals surface area contributed by atoms with Crippen LogP contribution >= 0.6 is 0 Å². The van der Waals surface area contributed by atoms with Crippen molar-refractivity contribution in [2.75, 3.05) is 0 Å². The van der Waals surface area contributed by atoms with Crippen molar-refractivity contribution in [3.8, 4) is 11.8 Å². The summed E-state index contributed by atoms with van der Waals surface area (Å²) in [6.07, 6.45) is 0. The predicted octanol–water partition coefficient (Wildman–Crippen LogP) is 3.31.